The van der Waals surface area contributed by atoms with Gasteiger partial charge in [0.2, 0.25) is 0 Å². The van der Waals surface area contributed by atoms with Gasteiger partial charge in [0.1, 0.15) is 0 Å². The van der Waals surface area contributed by atoms with E-state index in [1.807, 2.05) is 0 Å². The van der Waals surface area contributed by atoms with Gasteiger partial charge in [0.05, 0.1) is 0 Å². The maximum atomic E-state index is 3.47. The Labute approximate surface area is 106 Å². The van der Waals surface area contributed by atoms with E-state index >= 15 is 0 Å². The summed E-state index contributed by atoms with van der Waals surface area (Å²) in [5.74, 6) is 0.791. The molecule has 0 saturated heterocycles. The van der Waals surface area contributed by atoms with E-state index in [2.05, 4.69) is 62.3 Å². The van der Waals surface area contributed by atoms with Gasteiger partial charge in [-0.1, -0.05) is 32.4 Å². The van der Waals surface area contributed by atoms with Gasteiger partial charge in [0, 0.05) is 25.3 Å². The Bertz CT molecular complexity index is 322. The number of rotatable bonds is 7. The van der Waals surface area contributed by atoms with Gasteiger partial charge in [-0.3, -0.25) is 0 Å². The number of nitrogens with zero attached hydrogens (tertiary/aromatic N) is 1. The van der Waals surface area contributed by atoms with Crippen molar-refractivity contribution in [3.8, 4) is 0 Å². The zero-order valence-corrected chi connectivity index (χ0v) is 11.7. The summed E-state index contributed by atoms with van der Waals surface area (Å²) in [6.45, 7) is 9.98. The summed E-state index contributed by atoms with van der Waals surface area (Å²) in [4.78, 5) is 2.40. The first-order valence-electron chi connectivity index (χ1n) is 6.61. The molecule has 0 saturated carbocycles. The second-order valence-electron chi connectivity index (χ2n) is 5.07. The fourth-order valence-electron chi connectivity index (χ4n) is 1.90. The lowest BCUT2D eigenvalue weighted by Gasteiger charge is -2.20. The van der Waals surface area contributed by atoms with Crippen molar-refractivity contribution in [1.82, 2.24) is 4.90 Å². The summed E-state index contributed by atoms with van der Waals surface area (Å²) in [5.41, 5.74) is 2.53. The monoisotopic (exact) mass is 234 g/mol. The summed E-state index contributed by atoms with van der Waals surface area (Å²) >= 11 is 0. The summed E-state index contributed by atoms with van der Waals surface area (Å²) in [6, 6.07) is 8.54. The van der Waals surface area contributed by atoms with E-state index in [9.17, 15) is 0 Å². The van der Waals surface area contributed by atoms with Crippen molar-refractivity contribution >= 4 is 5.69 Å². The van der Waals surface area contributed by atoms with Crippen molar-refractivity contribution in [2.24, 2.45) is 5.92 Å². The van der Waals surface area contributed by atoms with E-state index in [-0.39, 0.29) is 0 Å². The van der Waals surface area contributed by atoms with E-state index in [0.717, 1.165) is 19.0 Å². The van der Waals surface area contributed by atoms with Gasteiger partial charge >= 0.3 is 0 Å². The first-order chi connectivity index (χ1) is 8.11. The third kappa shape index (κ3) is 5.73. The number of anilines is 1. The van der Waals surface area contributed by atoms with Crippen LogP contribution in [0.2, 0.25) is 0 Å². The van der Waals surface area contributed by atoms with Crippen LogP contribution in [-0.2, 0) is 0 Å². The topological polar surface area (TPSA) is 15.3 Å². The fraction of sp³-hybridized carbons (Fsp3) is 0.600. The number of nitrogens with one attached hydrogen (secondary N) is 1. The van der Waals surface area contributed by atoms with Crippen molar-refractivity contribution in [1.29, 1.82) is 0 Å². The molecule has 0 aromatic heterocycles. The zero-order chi connectivity index (χ0) is 12.7. The SMILES string of the molecule is CCC(C)CN(C)CCNc1cccc(C)c1. The molecule has 0 bridgehead atoms. The van der Waals surface area contributed by atoms with E-state index in [1.165, 1.54) is 24.2 Å². The number of hydrogen-bond donors (Lipinski definition) is 1. The molecule has 2 nitrogen and oxygen atoms in total. The Morgan fingerprint density at radius 1 is 1.35 bits per heavy atom. The lowest BCUT2D eigenvalue weighted by Crippen LogP contribution is -2.29. The number of benzene rings is 1. The van der Waals surface area contributed by atoms with Gasteiger partial charge in [-0.2, -0.15) is 0 Å². The van der Waals surface area contributed by atoms with Crippen molar-refractivity contribution in [3.63, 3.8) is 0 Å². The van der Waals surface area contributed by atoms with E-state index < -0.39 is 0 Å². The van der Waals surface area contributed by atoms with Crippen molar-refractivity contribution in [3.05, 3.63) is 29.8 Å². The van der Waals surface area contributed by atoms with Crippen LogP contribution in [0.4, 0.5) is 5.69 Å². The molecule has 0 amide bonds. The smallest absolute Gasteiger partial charge is 0.0343 e. The minimum atomic E-state index is 0.791. The van der Waals surface area contributed by atoms with Gasteiger partial charge in [-0.15, -0.1) is 0 Å². The molecule has 1 unspecified atom stereocenters. The molecule has 1 aromatic carbocycles. The molecule has 0 radical (unpaired) electrons. The van der Waals surface area contributed by atoms with Gasteiger partial charge < -0.3 is 10.2 Å². The van der Waals surface area contributed by atoms with Crippen LogP contribution in [-0.4, -0.2) is 31.6 Å². The Morgan fingerprint density at radius 3 is 2.76 bits per heavy atom. The molecule has 96 valence electrons. The molecule has 0 aliphatic carbocycles. The molecular weight excluding hydrogens is 208 g/mol. The highest BCUT2D eigenvalue weighted by atomic mass is 15.1. The molecule has 17 heavy (non-hydrogen) atoms. The van der Waals surface area contributed by atoms with E-state index in [4.69, 9.17) is 0 Å². The lowest BCUT2D eigenvalue weighted by molar-refractivity contribution is 0.291. The molecule has 1 atom stereocenters. The molecule has 1 rings (SSSR count). The predicted octanol–water partition coefficient (Wildman–Crippen LogP) is 3.38. The Balaban J connectivity index is 2.23. The molecule has 0 heterocycles. The number of likely N-dealkylation sites (N-methyl/N-ethyl adjacent to an activating group) is 1. The summed E-state index contributed by atoms with van der Waals surface area (Å²) < 4.78 is 0. The Kier molecular flexibility index (Phi) is 6.06. The van der Waals surface area contributed by atoms with Crippen LogP contribution in [0.25, 0.3) is 0 Å². The molecular formula is C15H26N2. The van der Waals surface area contributed by atoms with Crippen molar-refractivity contribution in [2.45, 2.75) is 27.2 Å². The summed E-state index contributed by atoms with van der Waals surface area (Å²) in [6.07, 6.45) is 1.26. The normalized spacial score (nSPS) is 12.8. The summed E-state index contributed by atoms with van der Waals surface area (Å²) in [5, 5.41) is 3.47. The Morgan fingerprint density at radius 2 is 2.12 bits per heavy atom. The molecule has 0 spiro atoms. The minimum absolute atomic E-state index is 0.791. The van der Waals surface area contributed by atoms with Crippen LogP contribution in [0.5, 0.6) is 0 Å². The van der Waals surface area contributed by atoms with Crippen LogP contribution in [0, 0.1) is 12.8 Å². The highest BCUT2D eigenvalue weighted by Gasteiger charge is 2.03. The van der Waals surface area contributed by atoms with Crippen LogP contribution in [0.15, 0.2) is 24.3 Å². The molecule has 0 aliphatic rings. The highest BCUT2D eigenvalue weighted by Crippen LogP contribution is 2.09. The third-order valence-electron chi connectivity index (χ3n) is 3.16. The first-order valence-corrected chi connectivity index (χ1v) is 6.61. The maximum absolute atomic E-state index is 3.47. The Hall–Kier alpha value is -1.02. The number of aryl methyl sites for hydroxylation is 1. The van der Waals surface area contributed by atoms with Crippen molar-refractivity contribution in [2.75, 3.05) is 32.0 Å². The van der Waals surface area contributed by atoms with Gasteiger partial charge in [-0.05, 0) is 37.6 Å². The van der Waals surface area contributed by atoms with Crippen molar-refractivity contribution < 1.29 is 0 Å². The first kappa shape index (κ1) is 14.0. The van der Waals surface area contributed by atoms with E-state index in [1.54, 1.807) is 0 Å². The summed E-state index contributed by atoms with van der Waals surface area (Å²) in [7, 11) is 2.20. The average molecular weight is 234 g/mol. The predicted molar refractivity (Wildman–Crippen MR) is 76.6 cm³/mol. The standard InChI is InChI=1S/C15H26N2/c1-5-13(2)12-17(4)10-9-16-15-8-6-7-14(3)11-15/h6-8,11,13,16H,5,9-10,12H2,1-4H3. The van der Waals surface area contributed by atoms with Gasteiger partial charge in [0.15, 0.2) is 0 Å². The second-order valence-corrected chi connectivity index (χ2v) is 5.07. The second kappa shape index (κ2) is 7.33. The molecule has 0 fully saturated rings. The third-order valence-corrected chi connectivity index (χ3v) is 3.16. The quantitative estimate of drug-likeness (QED) is 0.778. The van der Waals surface area contributed by atoms with Crippen LogP contribution in [0.1, 0.15) is 25.8 Å². The zero-order valence-electron chi connectivity index (χ0n) is 11.7. The largest absolute Gasteiger partial charge is 0.384 e. The van der Waals surface area contributed by atoms with E-state index in [0.29, 0.717) is 0 Å². The van der Waals surface area contributed by atoms with Crippen LogP contribution < -0.4 is 5.32 Å². The fourth-order valence-corrected chi connectivity index (χ4v) is 1.90. The van der Waals surface area contributed by atoms with Crippen LogP contribution >= 0.6 is 0 Å². The molecule has 1 aromatic rings. The number of hydrogen-bond acceptors (Lipinski definition) is 2. The maximum Gasteiger partial charge on any atom is 0.0343 e. The van der Waals surface area contributed by atoms with Gasteiger partial charge in [-0.25, -0.2) is 0 Å². The minimum Gasteiger partial charge on any atom is -0.384 e. The lowest BCUT2D eigenvalue weighted by atomic mass is 10.1. The molecule has 0 aliphatic heterocycles. The highest BCUT2D eigenvalue weighted by molar-refractivity contribution is 5.45. The van der Waals surface area contributed by atoms with Crippen LogP contribution in [0.3, 0.4) is 0 Å². The average Bonchev–Trinajstić information content (AvgIpc) is 2.29. The molecule has 2 heteroatoms. The van der Waals surface area contributed by atoms with Gasteiger partial charge in [0.25, 0.3) is 0 Å². The molecule has 1 N–H and O–H groups in total.